The molecule has 1 aromatic carbocycles. The first-order chi connectivity index (χ1) is 19.7. The number of hydrogen-bond donors (Lipinski definition) is 1. The van der Waals surface area contributed by atoms with Crippen LogP contribution < -0.4 is 5.32 Å². The fraction of sp³-hybridized carbons (Fsp3) is 0.763. The van der Waals surface area contributed by atoms with E-state index in [0.29, 0.717) is 17.4 Å². The number of allylic oxidation sites excluding steroid dienone is 1. The third kappa shape index (κ3) is 6.75. The standard InChI is InChI=1S/C38H59NO2/c1-27(2)12-11-13-28(3)33-19-20-34-32-18-17-30-26-31(21-23-37(30,4)35(32)22-24-38(33,34)5)41-36(40)39-25-10-9-16-29-14-7-6-8-15-29/h6-8,14-15,17,27-28,31-35H,9-13,16,18-26H2,1-5H3,(H,39,40)/t28-,31+,32+,33-,34+,35+,37+,38-/m1/s1. The van der Waals surface area contributed by atoms with Gasteiger partial charge in [0, 0.05) is 13.0 Å². The Morgan fingerprint density at radius 3 is 2.54 bits per heavy atom. The minimum atomic E-state index is -0.222. The first kappa shape index (κ1) is 30.7. The molecule has 0 aliphatic heterocycles. The van der Waals surface area contributed by atoms with Crippen molar-refractivity contribution in [2.75, 3.05) is 6.54 Å². The molecule has 228 valence electrons. The first-order valence-electron chi connectivity index (χ1n) is 17.4. The Bertz CT molecular complexity index is 1030. The summed E-state index contributed by atoms with van der Waals surface area (Å²) in [4.78, 5) is 12.6. The van der Waals surface area contributed by atoms with E-state index in [1.54, 1.807) is 5.57 Å². The number of ether oxygens (including phenoxy) is 1. The fourth-order valence-corrected chi connectivity index (χ4v) is 10.2. The Labute approximate surface area is 251 Å². The average molecular weight is 562 g/mol. The maximum Gasteiger partial charge on any atom is 0.407 e. The van der Waals surface area contributed by atoms with Gasteiger partial charge in [-0.25, -0.2) is 4.79 Å². The van der Waals surface area contributed by atoms with Crippen molar-refractivity contribution in [3.63, 3.8) is 0 Å². The molecular formula is C38H59NO2. The lowest BCUT2D eigenvalue weighted by molar-refractivity contribution is -0.0581. The number of unbranched alkanes of at least 4 members (excludes halogenated alkanes) is 1. The minimum absolute atomic E-state index is 0.0339. The molecule has 41 heavy (non-hydrogen) atoms. The van der Waals surface area contributed by atoms with Crippen LogP contribution in [-0.4, -0.2) is 18.7 Å². The van der Waals surface area contributed by atoms with E-state index in [4.69, 9.17) is 4.74 Å². The number of hydrogen-bond acceptors (Lipinski definition) is 2. The number of rotatable bonds is 11. The molecule has 3 fully saturated rings. The van der Waals surface area contributed by atoms with Gasteiger partial charge < -0.3 is 10.1 Å². The molecule has 3 heteroatoms. The van der Waals surface area contributed by atoms with Crippen LogP contribution >= 0.6 is 0 Å². The van der Waals surface area contributed by atoms with Gasteiger partial charge in [0.25, 0.3) is 0 Å². The summed E-state index contributed by atoms with van der Waals surface area (Å²) in [6.45, 7) is 13.3. The molecule has 8 atom stereocenters. The summed E-state index contributed by atoms with van der Waals surface area (Å²) >= 11 is 0. The highest BCUT2D eigenvalue weighted by atomic mass is 16.6. The SMILES string of the molecule is CC(C)CCC[C@@H](C)[C@H]1CC[C@H]2[C@@H]3CC=C4C[C@@H](OC(=O)NCCCCc5ccccc5)CC[C@]4(C)[C@H]3CC[C@]12C. The third-order valence-corrected chi connectivity index (χ3v) is 12.5. The van der Waals surface area contributed by atoms with Crippen LogP contribution in [0.25, 0.3) is 0 Å². The van der Waals surface area contributed by atoms with E-state index in [1.165, 1.54) is 63.4 Å². The van der Waals surface area contributed by atoms with Gasteiger partial charge in [-0.1, -0.05) is 95.9 Å². The highest BCUT2D eigenvalue weighted by Gasteiger charge is 2.59. The maximum atomic E-state index is 12.6. The van der Waals surface area contributed by atoms with Gasteiger partial charge in [0.05, 0.1) is 0 Å². The number of benzene rings is 1. The Morgan fingerprint density at radius 1 is 0.951 bits per heavy atom. The van der Waals surface area contributed by atoms with Gasteiger partial charge >= 0.3 is 6.09 Å². The molecule has 0 unspecified atom stereocenters. The molecule has 1 aromatic rings. The van der Waals surface area contributed by atoms with Gasteiger partial charge in [-0.3, -0.25) is 0 Å². The largest absolute Gasteiger partial charge is 0.446 e. The number of aryl methyl sites for hydroxylation is 1. The molecule has 4 aliphatic rings. The lowest BCUT2D eigenvalue weighted by Gasteiger charge is -2.58. The van der Waals surface area contributed by atoms with Crippen LogP contribution in [0, 0.1) is 46.3 Å². The third-order valence-electron chi connectivity index (χ3n) is 12.5. The van der Waals surface area contributed by atoms with Crippen molar-refractivity contribution in [3.05, 3.63) is 47.5 Å². The van der Waals surface area contributed by atoms with Crippen LogP contribution in [0.2, 0.25) is 0 Å². The van der Waals surface area contributed by atoms with Gasteiger partial charge in [0.15, 0.2) is 0 Å². The van der Waals surface area contributed by atoms with E-state index in [-0.39, 0.29) is 12.2 Å². The summed E-state index contributed by atoms with van der Waals surface area (Å²) in [6, 6.07) is 10.6. The molecule has 0 radical (unpaired) electrons. The van der Waals surface area contributed by atoms with Crippen LogP contribution in [-0.2, 0) is 11.2 Å². The molecule has 0 bridgehead atoms. The Kier molecular flexibility index (Phi) is 9.92. The van der Waals surface area contributed by atoms with Crippen LogP contribution in [0.3, 0.4) is 0 Å². The number of fused-ring (bicyclic) bond motifs is 5. The van der Waals surface area contributed by atoms with E-state index in [1.807, 2.05) is 0 Å². The van der Waals surface area contributed by atoms with E-state index in [9.17, 15) is 4.79 Å². The van der Waals surface area contributed by atoms with Crippen LogP contribution in [0.15, 0.2) is 42.0 Å². The van der Waals surface area contributed by atoms with E-state index in [0.717, 1.165) is 67.6 Å². The van der Waals surface area contributed by atoms with E-state index >= 15 is 0 Å². The normalized spacial score (nSPS) is 35.2. The number of carbonyl (C=O) groups is 1. The highest BCUT2D eigenvalue weighted by Crippen LogP contribution is 2.67. The summed E-state index contributed by atoms with van der Waals surface area (Å²) < 4.78 is 5.97. The zero-order valence-corrected chi connectivity index (χ0v) is 26.9. The monoisotopic (exact) mass is 561 g/mol. The van der Waals surface area contributed by atoms with Crippen molar-refractivity contribution >= 4 is 6.09 Å². The van der Waals surface area contributed by atoms with E-state index in [2.05, 4.69) is 76.3 Å². The van der Waals surface area contributed by atoms with Crippen molar-refractivity contribution in [2.45, 2.75) is 131 Å². The summed E-state index contributed by atoms with van der Waals surface area (Å²) in [6.07, 6.45) is 19.9. The minimum Gasteiger partial charge on any atom is -0.446 e. The van der Waals surface area contributed by atoms with Crippen LogP contribution in [0.1, 0.15) is 124 Å². The molecule has 0 saturated heterocycles. The van der Waals surface area contributed by atoms with Gasteiger partial charge in [0.1, 0.15) is 6.10 Å². The van der Waals surface area contributed by atoms with Crippen molar-refractivity contribution in [2.24, 2.45) is 46.3 Å². The summed E-state index contributed by atoms with van der Waals surface area (Å²) in [7, 11) is 0. The molecule has 1 amide bonds. The lowest BCUT2D eigenvalue weighted by atomic mass is 9.47. The molecule has 0 aromatic heterocycles. The van der Waals surface area contributed by atoms with Crippen molar-refractivity contribution < 1.29 is 9.53 Å². The Balaban J connectivity index is 1.11. The quantitative estimate of drug-likeness (QED) is 0.216. The molecule has 1 N–H and O–H groups in total. The fourth-order valence-electron chi connectivity index (χ4n) is 10.2. The molecule has 0 heterocycles. The topological polar surface area (TPSA) is 38.3 Å². The molecule has 0 spiro atoms. The lowest BCUT2D eigenvalue weighted by Crippen LogP contribution is -2.51. The van der Waals surface area contributed by atoms with Crippen LogP contribution in [0.5, 0.6) is 0 Å². The Hall–Kier alpha value is -1.77. The Morgan fingerprint density at radius 2 is 1.76 bits per heavy atom. The second kappa shape index (κ2) is 13.3. The number of nitrogens with one attached hydrogen (secondary N) is 1. The number of amides is 1. The first-order valence-corrected chi connectivity index (χ1v) is 17.4. The molecule has 5 rings (SSSR count). The predicted molar refractivity (Wildman–Crippen MR) is 171 cm³/mol. The summed E-state index contributed by atoms with van der Waals surface area (Å²) in [5, 5.41) is 3.02. The highest BCUT2D eigenvalue weighted by molar-refractivity contribution is 5.67. The van der Waals surface area contributed by atoms with Gasteiger partial charge in [-0.15, -0.1) is 0 Å². The van der Waals surface area contributed by atoms with Gasteiger partial charge in [-0.05, 0) is 116 Å². The van der Waals surface area contributed by atoms with Crippen molar-refractivity contribution in [3.8, 4) is 0 Å². The molecular weight excluding hydrogens is 502 g/mol. The predicted octanol–water partition coefficient (Wildman–Crippen LogP) is 10.1. The zero-order valence-electron chi connectivity index (χ0n) is 26.9. The van der Waals surface area contributed by atoms with Gasteiger partial charge in [0.2, 0.25) is 0 Å². The van der Waals surface area contributed by atoms with Crippen LogP contribution in [0.4, 0.5) is 4.79 Å². The smallest absolute Gasteiger partial charge is 0.407 e. The molecule has 4 aliphatic carbocycles. The van der Waals surface area contributed by atoms with Gasteiger partial charge in [-0.2, -0.15) is 0 Å². The van der Waals surface area contributed by atoms with E-state index < -0.39 is 0 Å². The zero-order chi connectivity index (χ0) is 29.0. The number of alkyl carbamates (subject to hydrolysis) is 1. The second-order valence-corrected chi connectivity index (χ2v) is 15.4. The second-order valence-electron chi connectivity index (χ2n) is 15.4. The maximum absolute atomic E-state index is 12.6. The van der Waals surface area contributed by atoms with Crippen molar-refractivity contribution in [1.29, 1.82) is 0 Å². The molecule has 3 saturated carbocycles. The van der Waals surface area contributed by atoms with Crippen molar-refractivity contribution in [1.82, 2.24) is 5.32 Å². The summed E-state index contributed by atoms with van der Waals surface area (Å²) in [5.74, 6) is 5.18. The average Bonchev–Trinajstić information content (AvgIpc) is 3.31. The number of carbonyl (C=O) groups excluding carboxylic acids is 1. The summed E-state index contributed by atoms with van der Waals surface area (Å²) in [5.41, 5.74) is 3.81. The molecule has 3 nitrogen and oxygen atoms in total.